The van der Waals surface area contributed by atoms with Gasteiger partial charge in [0.15, 0.2) is 0 Å². The monoisotopic (exact) mass is 284 g/mol. The fourth-order valence-electron chi connectivity index (χ4n) is 1.38. The number of rotatable bonds is 1. The molecule has 0 spiro atoms. The van der Waals surface area contributed by atoms with E-state index in [1.54, 1.807) is 0 Å². The summed E-state index contributed by atoms with van der Waals surface area (Å²) in [6.45, 7) is 1.98. The Bertz CT molecular complexity index is 488. The smallest absolute Gasteiger partial charge is 0.112 e. The molecule has 0 atom stereocenters. The van der Waals surface area contributed by atoms with E-state index in [0.717, 1.165) is 26.7 Å². The maximum absolute atomic E-state index is 5.84. The van der Waals surface area contributed by atoms with Gasteiger partial charge in [0.05, 0.1) is 0 Å². The molecule has 0 N–H and O–H groups in total. The molecule has 0 aliphatic rings. The minimum Gasteiger partial charge on any atom is -0.326 e. The molecule has 0 amide bonds. The number of nitrogens with zero attached hydrogens (tertiary/aromatic N) is 2. The number of hydrogen-bond acceptors (Lipinski definition) is 1. The van der Waals surface area contributed by atoms with Crippen LogP contribution in [0.5, 0.6) is 0 Å². The van der Waals surface area contributed by atoms with Gasteiger partial charge in [0, 0.05) is 17.6 Å². The Balaban J connectivity index is 2.54. The summed E-state index contributed by atoms with van der Waals surface area (Å²) < 4.78 is 2.99. The van der Waals surface area contributed by atoms with E-state index < -0.39 is 0 Å². The predicted octanol–water partition coefficient (Wildman–Crippen LogP) is 3.81. The largest absolute Gasteiger partial charge is 0.326 e. The maximum atomic E-state index is 5.84. The first-order valence-corrected chi connectivity index (χ1v) is 5.71. The highest BCUT2D eigenvalue weighted by Crippen LogP contribution is 2.28. The fraction of sp³-hybridized carbons (Fsp3) is 0.182. The Morgan fingerprint density at radius 2 is 1.87 bits per heavy atom. The van der Waals surface area contributed by atoms with Crippen LogP contribution in [0.1, 0.15) is 5.82 Å². The molecular weight excluding hydrogens is 275 g/mol. The molecule has 1 aromatic heterocycles. The van der Waals surface area contributed by atoms with E-state index in [0.29, 0.717) is 0 Å². The molecule has 0 radical (unpaired) electrons. The first-order chi connectivity index (χ1) is 7.09. The van der Waals surface area contributed by atoms with E-state index in [2.05, 4.69) is 20.9 Å². The highest BCUT2D eigenvalue weighted by molar-refractivity contribution is 9.10. The van der Waals surface area contributed by atoms with Gasteiger partial charge in [-0.05, 0) is 35.0 Å². The van der Waals surface area contributed by atoms with Gasteiger partial charge in [0.2, 0.25) is 0 Å². The van der Waals surface area contributed by atoms with Crippen molar-refractivity contribution in [3.05, 3.63) is 39.7 Å². The lowest BCUT2D eigenvalue weighted by atomic mass is 10.2. The number of aryl methyl sites for hydroxylation is 1. The number of benzene rings is 1. The van der Waals surface area contributed by atoms with Crippen LogP contribution in [0.15, 0.2) is 28.9 Å². The van der Waals surface area contributed by atoms with Crippen LogP contribution in [-0.4, -0.2) is 9.55 Å². The molecule has 78 valence electrons. The number of hydrogen-bond donors (Lipinski definition) is 0. The second kappa shape index (κ2) is 3.99. The normalized spacial score (nSPS) is 10.7. The molecule has 1 heterocycles. The van der Waals surface area contributed by atoms with Gasteiger partial charge < -0.3 is 4.57 Å². The molecule has 4 heteroatoms. The van der Waals surface area contributed by atoms with Crippen LogP contribution in [0.4, 0.5) is 0 Å². The van der Waals surface area contributed by atoms with Crippen LogP contribution < -0.4 is 0 Å². The molecule has 1 aromatic carbocycles. The average Bonchev–Trinajstić information content (AvgIpc) is 2.47. The molecule has 0 unspecified atom stereocenters. The molecule has 2 rings (SSSR count). The van der Waals surface area contributed by atoms with E-state index in [4.69, 9.17) is 11.6 Å². The second-order valence-corrected chi connectivity index (χ2v) is 4.55. The van der Waals surface area contributed by atoms with Crippen molar-refractivity contribution in [1.82, 2.24) is 9.55 Å². The number of halogens is 2. The van der Waals surface area contributed by atoms with Gasteiger partial charge in [-0.15, -0.1) is 0 Å². The molecule has 0 saturated carbocycles. The summed E-state index contributed by atoms with van der Waals surface area (Å²) in [6, 6.07) is 7.67. The summed E-state index contributed by atoms with van der Waals surface area (Å²) in [5.41, 5.74) is 2.02. The lowest BCUT2D eigenvalue weighted by molar-refractivity contribution is 0.840. The Morgan fingerprint density at radius 3 is 2.33 bits per heavy atom. The van der Waals surface area contributed by atoms with Crippen LogP contribution >= 0.6 is 27.5 Å². The van der Waals surface area contributed by atoms with Crippen LogP contribution in [0.3, 0.4) is 0 Å². The Kier molecular flexibility index (Phi) is 2.85. The summed E-state index contributed by atoms with van der Waals surface area (Å²) in [4.78, 5) is 4.48. The molecule has 15 heavy (non-hydrogen) atoms. The average molecular weight is 286 g/mol. The van der Waals surface area contributed by atoms with Crippen LogP contribution in [-0.2, 0) is 7.05 Å². The third kappa shape index (κ3) is 1.94. The quantitative estimate of drug-likeness (QED) is 0.779. The van der Waals surface area contributed by atoms with Crippen LogP contribution in [0.25, 0.3) is 11.3 Å². The van der Waals surface area contributed by atoms with Crippen molar-refractivity contribution in [2.24, 2.45) is 7.05 Å². The van der Waals surface area contributed by atoms with Gasteiger partial charge in [-0.3, -0.25) is 0 Å². The van der Waals surface area contributed by atoms with Crippen molar-refractivity contribution >= 4 is 27.5 Å². The van der Waals surface area contributed by atoms with Gasteiger partial charge in [-0.25, -0.2) is 4.98 Å². The molecule has 0 saturated heterocycles. The zero-order valence-electron chi connectivity index (χ0n) is 8.46. The Morgan fingerprint density at radius 1 is 1.27 bits per heavy atom. The van der Waals surface area contributed by atoms with Crippen molar-refractivity contribution in [2.75, 3.05) is 0 Å². The van der Waals surface area contributed by atoms with Gasteiger partial charge in [-0.1, -0.05) is 23.7 Å². The molecule has 2 aromatic rings. The van der Waals surface area contributed by atoms with E-state index in [-0.39, 0.29) is 0 Å². The van der Waals surface area contributed by atoms with E-state index in [9.17, 15) is 0 Å². The van der Waals surface area contributed by atoms with E-state index >= 15 is 0 Å². The van der Waals surface area contributed by atoms with Gasteiger partial charge in [-0.2, -0.15) is 0 Å². The minimum absolute atomic E-state index is 0.738. The number of imidazole rings is 1. The third-order valence-corrected chi connectivity index (χ3v) is 3.53. The molecular formula is C11H10BrClN2. The topological polar surface area (TPSA) is 17.8 Å². The molecule has 2 nitrogen and oxygen atoms in total. The standard InChI is InChI=1S/C11H10BrClN2/c1-7-14-10(11(12)15(7)2)8-3-5-9(13)6-4-8/h3-6H,1-2H3. The molecule has 0 aliphatic heterocycles. The summed E-state index contributed by atoms with van der Waals surface area (Å²) >= 11 is 9.36. The first kappa shape index (κ1) is 10.7. The summed E-state index contributed by atoms with van der Waals surface area (Å²) in [5.74, 6) is 0.979. The molecule has 0 fully saturated rings. The van der Waals surface area contributed by atoms with Crippen LogP contribution in [0, 0.1) is 6.92 Å². The maximum Gasteiger partial charge on any atom is 0.112 e. The van der Waals surface area contributed by atoms with E-state index in [1.165, 1.54) is 0 Å². The van der Waals surface area contributed by atoms with Crippen molar-refractivity contribution in [2.45, 2.75) is 6.92 Å². The summed E-state index contributed by atoms with van der Waals surface area (Å²) in [7, 11) is 1.98. The Labute approximate surface area is 102 Å². The first-order valence-electron chi connectivity index (χ1n) is 4.54. The van der Waals surface area contributed by atoms with Crippen molar-refractivity contribution in [3.63, 3.8) is 0 Å². The predicted molar refractivity (Wildman–Crippen MR) is 66.1 cm³/mol. The molecule has 0 bridgehead atoms. The zero-order valence-corrected chi connectivity index (χ0v) is 10.8. The van der Waals surface area contributed by atoms with Crippen molar-refractivity contribution in [1.29, 1.82) is 0 Å². The lowest BCUT2D eigenvalue weighted by Crippen LogP contribution is -1.90. The van der Waals surface area contributed by atoms with Gasteiger partial charge >= 0.3 is 0 Å². The minimum atomic E-state index is 0.738. The van der Waals surface area contributed by atoms with E-state index in [1.807, 2.05) is 42.8 Å². The van der Waals surface area contributed by atoms with Crippen molar-refractivity contribution < 1.29 is 0 Å². The highest BCUT2D eigenvalue weighted by atomic mass is 79.9. The van der Waals surface area contributed by atoms with Crippen molar-refractivity contribution in [3.8, 4) is 11.3 Å². The SMILES string of the molecule is Cc1nc(-c2ccc(Cl)cc2)c(Br)n1C. The zero-order chi connectivity index (χ0) is 11.0. The van der Waals surface area contributed by atoms with Crippen LogP contribution in [0.2, 0.25) is 5.02 Å². The highest BCUT2D eigenvalue weighted by Gasteiger charge is 2.10. The fourth-order valence-corrected chi connectivity index (χ4v) is 2.08. The molecule has 0 aliphatic carbocycles. The Hall–Kier alpha value is -0.800. The second-order valence-electron chi connectivity index (χ2n) is 3.36. The lowest BCUT2D eigenvalue weighted by Gasteiger charge is -1.99. The third-order valence-electron chi connectivity index (χ3n) is 2.37. The van der Waals surface area contributed by atoms with Gasteiger partial charge in [0.25, 0.3) is 0 Å². The van der Waals surface area contributed by atoms with Gasteiger partial charge in [0.1, 0.15) is 16.1 Å². The summed E-state index contributed by atoms with van der Waals surface area (Å²) in [6.07, 6.45) is 0. The number of aromatic nitrogens is 2. The summed E-state index contributed by atoms with van der Waals surface area (Å²) in [5, 5.41) is 0.738.